The van der Waals surface area contributed by atoms with Crippen molar-refractivity contribution < 1.29 is 38.5 Å². The van der Waals surface area contributed by atoms with Crippen molar-refractivity contribution in [2.75, 3.05) is 69.8 Å². The van der Waals surface area contributed by atoms with Crippen molar-refractivity contribution in [3.8, 4) is 0 Å². The Balaban J connectivity index is 0.000000268. The summed E-state index contributed by atoms with van der Waals surface area (Å²) in [4.78, 5) is 54.1. The van der Waals surface area contributed by atoms with Crippen LogP contribution in [0.25, 0.3) is 0 Å². The first kappa shape index (κ1) is 38.7. The van der Waals surface area contributed by atoms with Crippen LogP contribution in [0.3, 0.4) is 0 Å². The molecule has 0 aromatic carbocycles. The molecule has 2 N–H and O–H groups in total. The standard InChI is InChI=1S/C13H21BN4O3.C12H18N4O2.C2H5B2O3/c1-4-10-9-17(5-6-18(10)14(2)20)12-8-15-11(7-16-12)13(19)21-3;1-3-9-8-16(5-4-13-9)11-7-14-10(6-15-11)12(17)18-2;1-3-7-6-2-4-5/h7-8,10,20H,4-6,9H2,1-3H3;6-7,9,13H,3-5,8H2,1-2H3;2H2,1H3/t10-;9-;/m00./s1. The van der Waals surface area contributed by atoms with Crippen molar-refractivity contribution in [2.24, 2.45) is 0 Å². The molecule has 4 heterocycles. The molecule has 2 aliphatic heterocycles. The van der Waals surface area contributed by atoms with E-state index in [0.717, 1.165) is 63.7 Å². The minimum atomic E-state index is -0.487. The molecule has 0 unspecified atom stereocenters. The van der Waals surface area contributed by atoms with E-state index >= 15 is 0 Å². The first-order valence-electron chi connectivity index (χ1n) is 15.2. The third-order valence-corrected chi connectivity index (χ3v) is 7.24. The van der Waals surface area contributed by atoms with Gasteiger partial charge < -0.3 is 34.4 Å². The molecule has 2 fully saturated rings. The number of rotatable bonds is 11. The number of piperazine rings is 2. The van der Waals surface area contributed by atoms with Gasteiger partial charge in [0.2, 0.25) is 0 Å². The van der Waals surface area contributed by atoms with Crippen molar-refractivity contribution in [1.82, 2.24) is 30.1 Å². The van der Waals surface area contributed by atoms with Gasteiger partial charge in [-0.25, -0.2) is 29.5 Å². The molecule has 0 amide bonds. The van der Waals surface area contributed by atoms with Crippen molar-refractivity contribution in [1.29, 1.82) is 0 Å². The van der Waals surface area contributed by atoms with Gasteiger partial charge in [-0.05, 0) is 19.7 Å². The minimum absolute atomic E-state index is 0.00958. The summed E-state index contributed by atoms with van der Waals surface area (Å²) in [6.07, 6.45) is 8.16. The van der Waals surface area contributed by atoms with Gasteiger partial charge in [-0.15, -0.1) is 0 Å². The molecule has 0 spiro atoms. The molecule has 1 radical (unpaired) electrons. The van der Waals surface area contributed by atoms with Gasteiger partial charge in [0.25, 0.3) is 0 Å². The van der Waals surface area contributed by atoms with Crippen LogP contribution < -0.4 is 15.1 Å². The summed E-state index contributed by atoms with van der Waals surface area (Å²) in [5, 5.41) is 13.2. The fourth-order valence-electron chi connectivity index (χ4n) is 4.76. The number of hydrogen-bond donors (Lipinski definition) is 2. The molecule has 19 heteroatoms. The molecule has 2 aromatic heterocycles. The topological polar surface area (TPSA) is 182 Å². The maximum atomic E-state index is 11.3. The first-order valence-corrected chi connectivity index (χ1v) is 15.2. The molecular weight excluding hydrogens is 597 g/mol. The second-order valence-electron chi connectivity index (χ2n) is 10.2. The second-order valence-corrected chi connectivity index (χ2v) is 10.2. The zero-order chi connectivity index (χ0) is 33.9. The van der Waals surface area contributed by atoms with Crippen LogP contribution in [0, 0.1) is 0 Å². The van der Waals surface area contributed by atoms with Gasteiger partial charge in [-0.1, -0.05) is 13.8 Å². The summed E-state index contributed by atoms with van der Waals surface area (Å²) in [6.45, 7) is 12.8. The number of aromatic nitrogens is 4. The van der Waals surface area contributed by atoms with Gasteiger partial charge in [-0.3, -0.25) is 0 Å². The zero-order valence-corrected chi connectivity index (χ0v) is 27.5. The molecule has 0 aliphatic carbocycles. The van der Waals surface area contributed by atoms with E-state index in [1.807, 2.05) is 0 Å². The van der Waals surface area contributed by atoms with Gasteiger partial charge >= 0.3 is 61.3 Å². The molecule has 46 heavy (non-hydrogen) atoms. The van der Waals surface area contributed by atoms with Crippen LogP contribution in [0.2, 0.25) is 13.6 Å². The number of nitrogens with zero attached hydrogens (tertiary/aromatic N) is 7. The number of methoxy groups -OCH3 is 2. The Labute approximate surface area is 272 Å². The zero-order valence-electron chi connectivity index (χ0n) is 27.5. The molecule has 0 saturated carbocycles. The molecule has 2 saturated heterocycles. The van der Waals surface area contributed by atoms with Crippen LogP contribution in [0.15, 0.2) is 24.8 Å². The number of carbonyl (C=O) groups is 2. The molecule has 249 valence electrons. The Morgan fingerprint density at radius 2 is 1.52 bits per heavy atom. The number of anilines is 2. The van der Waals surface area contributed by atoms with Crippen molar-refractivity contribution in [3.05, 3.63) is 36.2 Å². The fraction of sp³-hybridized carbons (Fsp3) is 0.630. The summed E-state index contributed by atoms with van der Waals surface area (Å²) < 4.78 is 18.7. The van der Waals surface area contributed by atoms with Crippen LogP contribution in [0.4, 0.5) is 11.6 Å². The van der Waals surface area contributed by atoms with E-state index in [0.29, 0.717) is 13.2 Å². The van der Waals surface area contributed by atoms with Gasteiger partial charge in [0.1, 0.15) is 11.6 Å². The van der Waals surface area contributed by atoms with Crippen molar-refractivity contribution >= 4 is 45.3 Å². The number of ether oxygens (including phenoxy) is 2. The van der Waals surface area contributed by atoms with E-state index in [-0.39, 0.29) is 23.9 Å². The van der Waals surface area contributed by atoms with E-state index in [1.54, 1.807) is 26.0 Å². The number of esters is 2. The fourth-order valence-corrected chi connectivity index (χ4v) is 4.76. The van der Waals surface area contributed by atoms with Crippen LogP contribution in [-0.2, 0) is 23.9 Å². The van der Waals surface area contributed by atoms with Crippen LogP contribution in [0.1, 0.15) is 47.7 Å². The van der Waals surface area contributed by atoms with E-state index in [2.05, 4.69) is 72.9 Å². The molecule has 2 atom stereocenters. The van der Waals surface area contributed by atoms with E-state index in [4.69, 9.17) is 0 Å². The van der Waals surface area contributed by atoms with Crippen LogP contribution >= 0.6 is 0 Å². The predicted molar refractivity (Wildman–Crippen MR) is 173 cm³/mol. The van der Waals surface area contributed by atoms with Crippen LogP contribution in [0.5, 0.6) is 0 Å². The van der Waals surface area contributed by atoms with Crippen molar-refractivity contribution in [2.45, 2.75) is 52.4 Å². The quantitative estimate of drug-likeness (QED) is 0.113. The summed E-state index contributed by atoms with van der Waals surface area (Å²) in [6, 6.07) is 0.765. The summed E-state index contributed by atoms with van der Waals surface area (Å²) >= 11 is 0. The van der Waals surface area contributed by atoms with Crippen LogP contribution in [-0.4, -0.2) is 135 Å². The Hall–Kier alpha value is -3.51. The average Bonchev–Trinajstić information content (AvgIpc) is 3.11. The number of hydrogen-bond acceptors (Lipinski definition) is 16. The van der Waals surface area contributed by atoms with E-state index in [1.165, 1.54) is 34.1 Å². The monoisotopic (exact) mass is 641 g/mol. The normalized spacial score (nSPS) is 17.7. The van der Waals surface area contributed by atoms with Gasteiger partial charge in [0, 0.05) is 51.4 Å². The molecule has 4 rings (SSSR count). The number of nitrogens with one attached hydrogen (secondary N) is 1. The predicted octanol–water partition coefficient (Wildman–Crippen LogP) is 0.335. The average molecular weight is 641 g/mol. The van der Waals surface area contributed by atoms with Crippen molar-refractivity contribution in [3.63, 3.8) is 0 Å². The first-order chi connectivity index (χ1) is 22.2. The Morgan fingerprint density at radius 1 is 0.935 bits per heavy atom. The Bertz CT molecular complexity index is 1190. The van der Waals surface area contributed by atoms with Gasteiger partial charge in [0.05, 0.1) is 39.0 Å². The van der Waals surface area contributed by atoms with E-state index < -0.39 is 19.0 Å². The Morgan fingerprint density at radius 3 is 1.96 bits per heavy atom. The molecule has 2 aromatic rings. The second kappa shape index (κ2) is 21.3. The molecular formula is C27H44B3N8O8. The summed E-state index contributed by atoms with van der Waals surface area (Å²) in [7, 11) is 4.18. The SMILES string of the molecule is CC[C@H]1CN(c2cnc(C(=O)OC)cn2)CCN1.CC[C@H]1CN(c2cnc(C(=O)OC)cn2)CCN1B(C)O.C[B]OOCB=O. The molecule has 16 nitrogen and oxygen atoms in total. The summed E-state index contributed by atoms with van der Waals surface area (Å²) in [5.74, 6) is 0.606. The number of carbonyl (C=O) groups excluding carboxylic acids is 2. The van der Waals surface area contributed by atoms with Gasteiger partial charge in [-0.2, -0.15) is 0 Å². The van der Waals surface area contributed by atoms with Gasteiger partial charge in [0.15, 0.2) is 11.4 Å². The Kier molecular flexibility index (Phi) is 17.9. The summed E-state index contributed by atoms with van der Waals surface area (Å²) in [5.41, 5.74) is 0.444. The molecule has 0 bridgehead atoms. The van der Waals surface area contributed by atoms with E-state index in [9.17, 15) is 19.3 Å². The maximum absolute atomic E-state index is 11.3. The third-order valence-electron chi connectivity index (χ3n) is 7.24. The molecule has 2 aliphatic rings. The third kappa shape index (κ3) is 12.4.